The highest BCUT2D eigenvalue weighted by molar-refractivity contribution is 6.03. The van der Waals surface area contributed by atoms with Crippen molar-refractivity contribution in [1.29, 1.82) is 5.26 Å². The van der Waals surface area contributed by atoms with Crippen molar-refractivity contribution in [3.8, 4) is 17.6 Å². The first kappa shape index (κ1) is 25.3. The number of ether oxygens (including phenoxy) is 3. The normalized spacial score (nSPS) is 14.7. The quantitative estimate of drug-likeness (QED) is 0.228. The zero-order valence-corrected chi connectivity index (χ0v) is 19.1. The molecule has 1 heterocycles. The number of methoxy groups -OCH3 is 2. The van der Waals surface area contributed by atoms with E-state index in [1.807, 2.05) is 0 Å². The van der Waals surface area contributed by atoms with E-state index in [4.69, 9.17) is 14.2 Å². The highest BCUT2D eigenvalue weighted by Gasteiger charge is 2.31. The molecule has 0 radical (unpaired) electrons. The van der Waals surface area contributed by atoms with E-state index in [-0.39, 0.29) is 43.2 Å². The summed E-state index contributed by atoms with van der Waals surface area (Å²) < 4.78 is 15.4. The average Bonchev–Trinajstić information content (AvgIpc) is 2.77. The van der Waals surface area contributed by atoms with Crippen LogP contribution in [0.4, 0.5) is 10.5 Å². The molecule has 1 N–H and O–H groups in total. The van der Waals surface area contributed by atoms with Crippen molar-refractivity contribution in [2.24, 2.45) is 0 Å². The summed E-state index contributed by atoms with van der Waals surface area (Å²) in [5, 5.41) is 31.6. The Bertz CT molecular complexity index is 1010. The number of carbonyl (C=O) groups is 2. The van der Waals surface area contributed by atoms with Gasteiger partial charge in [0.15, 0.2) is 11.3 Å². The van der Waals surface area contributed by atoms with Gasteiger partial charge in [-0.3, -0.25) is 14.9 Å². The standard InChI is InChI=1S/C21H26N4O8/c1-21(2,3)33-20(28)24-8-6-23(7-9-24)19(27)14(12-22)17(26)13-10-15(25(29)30)18(32-5)16(11-13)31-4/h10-11,26H,6-9H2,1-5H3/b17-14-. The van der Waals surface area contributed by atoms with E-state index < -0.39 is 39.5 Å². The number of nitrogens with zero attached hydrogens (tertiary/aromatic N) is 4. The van der Waals surface area contributed by atoms with Crippen LogP contribution in [0.5, 0.6) is 11.5 Å². The molecule has 2 amide bonds. The molecule has 0 bridgehead atoms. The molecule has 12 heteroatoms. The third kappa shape index (κ3) is 5.82. The zero-order valence-electron chi connectivity index (χ0n) is 19.1. The number of nitro groups is 1. The van der Waals surface area contributed by atoms with Crippen molar-refractivity contribution < 1.29 is 33.8 Å². The summed E-state index contributed by atoms with van der Waals surface area (Å²) in [7, 11) is 2.48. The maximum absolute atomic E-state index is 12.9. The minimum atomic E-state index is -0.767. The van der Waals surface area contributed by atoms with Gasteiger partial charge in [0.25, 0.3) is 5.91 Å². The predicted molar refractivity (Wildman–Crippen MR) is 116 cm³/mol. The number of rotatable bonds is 5. The number of hydrogen-bond acceptors (Lipinski definition) is 9. The monoisotopic (exact) mass is 462 g/mol. The maximum atomic E-state index is 12.9. The van der Waals surface area contributed by atoms with Crippen molar-refractivity contribution in [3.05, 3.63) is 33.4 Å². The Morgan fingerprint density at radius 1 is 1.12 bits per heavy atom. The Kier molecular flexibility index (Phi) is 7.71. The van der Waals surface area contributed by atoms with E-state index in [1.165, 1.54) is 30.1 Å². The molecule has 1 aromatic carbocycles. The molecule has 178 valence electrons. The first-order chi connectivity index (χ1) is 15.4. The summed E-state index contributed by atoms with van der Waals surface area (Å²) in [6.07, 6.45) is -0.508. The summed E-state index contributed by atoms with van der Waals surface area (Å²) in [4.78, 5) is 38.5. The van der Waals surface area contributed by atoms with Gasteiger partial charge in [-0.15, -0.1) is 0 Å². The smallest absolute Gasteiger partial charge is 0.410 e. The minimum Gasteiger partial charge on any atom is -0.506 e. The van der Waals surface area contributed by atoms with Crippen LogP contribution in [-0.2, 0) is 9.53 Å². The molecule has 0 aromatic heterocycles. The summed E-state index contributed by atoms with van der Waals surface area (Å²) in [5.41, 5.74) is -1.91. The summed E-state index contributed by atoms with van der Waals surface area (Å²) in [6, 6.07) is 3.88. The van der Waals surface area contributed by atoms with Crippen molar-refractivity contribution >= 4 is 23.4 Å². The summed E-state index contributed by atoms with van der Waals surface area (Å²) >= 11 is 0. The van der Waals surface area contributed by atoms with Gasteiger partial charge in [0.2, 0.25) is 5.75 Å². The van der Waals surface area contributed by atoms with Gasteiger partial charge in [-0.1, -0.05) is 0 Å². The van der Waals surface area contributed by atoms with Crippen LogP contribution >= 0.6 is 0 Å². The molecule has 0 aliphatic carbocycles. The molecule has 0 saturated carbocycles. The van der Waals surface area contributed by atoms with E-state index in [2.05, 4.69) is 0 Å². The number of amides is 2. The molecule has 0 spiro atoms. The van der Waals surface area contributed by atoms with Gasteiger partial charge < -0.3 is 29.1 Å². The molecule has 12 nitrogen and oxygen atoms in total. The van der Waals surface area contributed by atoms with Crippen molar-refractivity contribution in [1.82, 2.24) is 9.80 Å². The third-order valence-electron chi connectivity index (χ3n) is 4.71. The molecular weight excluding hydrogens is 436 g/mol. The van der Waals surface area contributed by atoms with Crippen LogP contribution in [0.25, 0.3) is 5.76 Å². The lowest BCUT2D eigenvalue weighted by atomic mass is 10.1. The molecule has 1 aromatic rings. The van der Waals surface area contributed by atoms with Crippen LogP contribution in [0.1, 0.15) is 26.3 Å². The fourth-order valence-electron chi connectivity index (χ4n) is 3.14. The van der Waals surface area contributed by atoms with E-state index in [0.29, 0.717) is 0 Å². The fourth-order valence-corrected chi connectivity index (χ4v) is 3.14. The maximum Gasteiger partial charge on any atom is 0.410 e. The van der Waals surface area contributed by atoms with Crippen LogP contribution in [0.2, 0.25) is 0 Å². The van der Waals surface area contributed by atoms with E-state index >= 15 is 0 Å². The van der Waals surface area contributed by atoms with Gasteiger partial charge in [-0.2, -0.15) is 5.26 Å². The number of benzene rings is 1. The number of piperazine rings is 1. The first-order valence-corrected chi connectivity index (χ1v) is 9.94. The topological polar surface area (TPSA) is 155 Å². The van der Waals surface area contributed by atoms with Gasteiger partial charge >= 0.3 is 11.8 Å². The van der Waals surface area contributed by atoms with Crippen LogP contribution in [0.15, 0.2) is 17.7 Å². The largest absolute Gasteiger partial charge is 0.506 e. The van der Waals surface area contributed by atoms with Gasteiger partial charge in [0.1, 0.15) is 17.4 Å². The van der Waals surface area contributed by atoms with Crippen LogP contribution in [0, 0.1) is 21.4 Å². The molecule has 2 rings (SSSR count). The Morgan fingerprint density at radius 3 is 2.15 bits per heavy atom. The van der Waals surface area contributed by atoms with Crippen LogP contribution in [-0.4, -0.2) is 77.8 Å². The molecule has 0 unspecified atom stereocenters. The van der Waals surface area contributed by atoms with E-state index in [0.717, 1.165) is 6.07 Å². The lowest BCUT2D eigenvalue weighted by Crippen LogP contribution is -2.52. The fraction of sp³-hybridized carbons (Fsp3) is 0.476. The van der Waals surface area contributed by atoms with E-state index in [9.17, 15) is 30.1 Å². The molecule has 0 atom stereocenters. The second-order valence-electron chi connectivity index (χ2n) is 8.08. The summed E-state index contributed by atoms with van der Waals surface area (Å²) in [6.45, 7) is 5.83. The Morgan fingerprint density at radius 2 is 1.70 bits per heavy atom. The lowest BCUT2D eigenvalue weighted by Gasteiger charge is -2.35. The Balaban J connectivity index is 2.29. The lowest BCUT2D eigenvalue weighted by molar-refractivity contribution is -0.385. The van der Waals surface area contributed by atoms with Gasteiger partial charge in [-0.25, -0.2) is 4.79 Å². The number of nitriles is 1. The molecule has 1 fully saturated rings. The highest BCUT2D eigenvalue weighted by Crippen LogP contribution is 2.39. The number of aliphatic hydroxyl groups is 1. The first-order valence-electron chi connectivity index (χ1n) is 9.94. The number of hydrogen-bond donors (Lipinski definition) is 1. The second-order valence-corrected chi connectivity index (χ2v) is 8.08. The van der Waals surface area contributed by atoms with Gasteiger partial charge in [0, 0.05) is 37.8 Å². The Hall–Kier alpha value is -4.01. The zero-order chi connectivity index (χ0) is 24.9. The van der Waals surface area contributed by atoms with Crippen molar-refractivity contribution in [3.63, 3.8) is 0 Å². The molecular formula is C21H26N4O8. The Labute approximate surface area is 190 Å². The molecule has 1 saturated heterocycles. The molecule has 1 aliphatic rings. The molecule has 1 aliphatic heterocycles. The van der Waals surface area contributed by atoms with Crippen LogP contribution < -0.4 is 9.47 Å². The second kappa shape index (κ2) is 10.1. The average molecular weight is 462 g/mol. The SMILES string of the molecule is COc1cc(/C(O)=C(\C#N)C(=O)N2CCN(C(=O)OC(C)(C)C)CC2)cc([N+](=O)[O-])c1OC. The highest BCUT2D eigenvalue weighted by atomic mass is 16.6. The third-order valence-corrected chi connectivity index (χ3v) is 4.71. The molecule has 33 heavy (non-hydrogen) atoms. The van der Waals surface area contributed by atoms with Gasteiger partial charge in [0.05, 0.1) is 19.1 Å². The van der Waals surface area contributed by atoms with Crippen molar-refractivity contribution in [2.45, 2.75) is 26.4 Å². The van der Waals surface area contributed by atoms with E-state index in [1.54, 1.807) is 26.8 Å². The number of nitro benzene ring substituents is 1. The van der Waals surface area contributed by atoms with Crippen molar-refractivity contribution in [2.75, 3.05) is 40.4 Å². The number of carbonyl (C=O) groups excluding carboxylic acids is 2. The van der Waals surface area contributed by atoms with Gasteiger partial charge in [-0.05, 0) is 26.8 Å². The van der Waals surface area contributed by atoms with Crippen LogP contribution in [0.3, 0.4) is 0 Å². The summed E-state index contributed by atoms with van der Waals surface area (Å²) in [5.74, 6) is -1.72. The predicted octanol–water partition coefficient (Wildman–Crippen LogP) is 2.48. The number of aliphatic hydroxyl groups excluding tert-OH is 1. The minimum absolute atomic E-state index is 0.0519.